The summed E-state index contributed by atoms with van der Waals surface area (Å²) in [4.78, 5) is 12.9. The minimum absolute atomic E-state index is 0.00986. The molecule has 2 aromatic rings. The molecule has 1 aliphatic carbocycles. The van der Waals surface area contributed by atoms with Gasteiger partial charge in [0.05, 0.1) is 0 Å². The topological polar surface area (TPSA) is 35.5 Å². The first kappa shape index (κ1) is 18.9. The van der Waals surface area contributed by atoms with E-state index in [1.54, 1.807) is 7.11 Å². The minimum Gasteiger partial charge on any atom is -0.460 e. The summed E-state index contributed by atoms with van der Waals surface area (Å²) in [6.45, 7) is 6.69. The highest BCUT2D eigenvalue weighted by molar-refractivity contribution is 5.85. The number of benzene rings is 2. The highest BCUT2D eigenvalue weighted by atomic mass is 16.6. The molecule has 1 aliphatic rings. The number of hydrogen-bond acceptors (Lipinski definition) is 3. The van der Waals surface area contributed by atoms with Gasteiger partial charge in [-0.3, -0.25) is 0 Å². The van der Waals surface area contributed by atoms with E-state index in [0.717, 1.165) is 29.2 Å². The smallest absolute Gasteiger partial charge is 0.340 e. The molecule has 2 aromatic carbocycles. The normalized spacial score (nSPS) is 24.6. The predicted molar refractivity (Wildman–Crippen MR) is 105 cm³/mol. The van der Waals surface area contributed by atoms with Crippen molar-refractivity contribution >= 4 is 16.7 Å². The van der Waals surface area contributed by atoms with Crippen LogP contribution in [0.4, 0.5) is 0 Å². The first-order chi connectivity index (χ1) is 12.5. The van der Waals surface area contributed by atoms with Gasteiger partial charge in [0.1, 0.15) is 6.10 Å². The van der Waals surface area contributed by atoms with Gasteiger partial charge in [0.2, 0.25) is 0 Å². The third-order valence-corrected chi connectivity index (χ3v) is 5.75. The van der Waals surface area contributed by atoms with Gasteiger partial charge in [-0.15, -0.1) is 0 Å². The summed E-state index contributed by atoms with van der Waals surface area (Å²) in [6, 6.07) is 14.1. The van der Waals surface area contributed by atoms with E-state index in [4.69, 9.17) is 9.47 Å². The zero-order chi connectivity index (χ0) is 18.7. The van der Waals surface area contributed by atoms with E-state index in [0.29, 0.717) is 17.8 Å². The molecule has 0 amide bonds. The largest absolute Gasteiger partial charge is 0.460 e. The summed E-state index contributed by atoms with van der Waals surface area (Å²) in [5.41, 5.74) is 0.848. The molecule has 3 rings (SSSR count). The molecule has 0 N–H and O–H groups in total. The zero-order valence-corrected chi connectivity index (χ0v) is 16.3. The maximum absolute atomic E-state index is 12.9. The van der Waals surface area contributed by atoms with E-state index < -0.39 is 6.10 Å². The second-order valence-electron chi connectivity index (χ2n) is 8.02. The van der Waals surface area contributed by atoms with E-state index in [9.17, 15) is 4.79 Å². The number of rotatable bonds is 5. The van der Waals surface area contributed by atoms with Crippen LogP contribution in [-0.2, 0) is 14.3 Å². The van der Waals surface area contributed by atoms with E-state index in [1.165, 1.54) is 6.42 Å². The molecular formula is C23H30O3. The second-order valence-corrected chi connectivity index (χ2v) is 8.02. The summed E-state index contributed by atoms with van der Waals surface area (Å²) in [6.07, 6.45) is 2.61. The first-order valence-corrected chi connectivity index (χ1v) is 9.71. The van der Waals surface area contributed by atoms with E-state index in [1.807, 2.05) is 30.3 Å². The summed E-state index contributed by atoms with van der Waals surface area (Å²) < 4.78 is 11.5. The number of carbonyl (C=O) groups excluding carboxylic acids is 1. The molecule has 1 saturated carbocycles. The lowest BCUT2D eigenvalue weighted by Crippen LogP contribution is -2.37. The molecule has 4 atom stereocenters. The maximum atomic E-state index is 12.9. The SMILES string of the molecule is CO[C@H](C(=O)O[C@@H]1C[C@H](C)CC[C@H]1C(C)C)c1ccc2ccccc2c1. The van der Waals surface area contributed by atoms with Crippen LogP contribution in [0.5, 0.6) is 0 Å². The summed E-state index contributed by atoms with van der Waals surface area (Å²) in [5, 5.41) is 2.26. The Morgan fingerprint density at radius 1 is 1.08 bits per heavy atom. The molecule has 0 aliphatic heterocycles. The predicted octanol–water partition coefficient (Wildman–Crippen LogP) is 5.53. The Hall–Kier alpha value is -1.87. The number of methoxy groups -OCH3 is 1. The van der Waals surface area contributed by atoms with Crippen LogP contribution in [0, 0.1) is 17.8 Å². The average Bonchev–Trinajstić information content (AvgIpc) is 2.62. The Kier molecular flexibility index (Phi) is 5.98. The number of hydrogen-bond donors (Lipinski definition) is 0. The van der Waals surface area contributed by atoms with Crippen LogP contribution in [0.15, 0.2) is 42.5 Å². The molecule has 26 heavy (non-hydrogen) atoms. The lowest BCUT2D eigenvalue weighted by Gasteiger charge is -2.37. The quantitative estimate of drug-likeness (QED) is 0.662. The van der Waals surface area contributed by atoms with Crippen molar-refractivity contribution in [3.05, 3.63) is 48.0 Å². The minimum atomic E-state index is -0.676. The Labute approximate surface area is 156 Å². The molecule has 3 nitrogen and oxygen atoms in total. The van der Waals surface area contributed by atoms with Gasteiger partial charge in [0, 0.05) is 7.11 Å². The van der Waals surface area contributed by atoms with Gasteiger partial charge in [0.15, 0.2) is 6.10 Å². The molecule has 0 saturated heterocycles. The molecule has 0 aromatic heterocycles. The first-order valence-electron chi connectivity index (χ1n) is 9.71. The van der Waals surface area contributed by atoms with Gasteiger partial charge in [-0.2, -0.15) is 0 Å². The Bertz CT molecular complexity index is 752. The molecule has 3 heteroatoms. The van der Waals surface area contributed by atoms with Crippen LogP contribution in [0.2, 0.25) is 0 Å². The van der Waals surface area contributed by atoms with Crippen molar-refractivity contribution in [1.82, 2.24) is 0 Å². The van der Waals surface area contributed by atoms with Crippen LogP contribution in [0.25, 0.3) is 10.8 Å². The van der Waals surface area contributed by atoms with E-state index in [2.05, 4.69) is 32.9 Å². The fourth-order valence-corrected chi connectivity index (χ4v) is 4.20. The molecule has 0 spiro atoms. The molecule has 0 bridgehead atoms. The van der Waals surface area contributed by atoms with Crippen LogP contribution in [0.3, 0.4) is 0 Å². The van der Waals surface area contributed by atoms with E-state index in [-0.39, 0.29) is 12.1 Å². The van der Waals surface area contributed by atoms with Crippen molar-refractivity contribution in [2.75, 3.05) is 7.11 Å². The van der Waals surface area contributed by atoms with Crippen molar-refractivity contribution in [2.24, 2.45) is 17.8 Å². The molecule has 0 unspecified atom stereocenters. The highest BCUT2D eigenvalue weighted by Gasteiger charge is 2.35. The van der Waals surface area contributed by atoms with Crippen LogP contribution >= 0.6 is 0 Å². The van der Waals surface area contributed by atoms with Crippen molar-refractivity contribution in [1.29, 1.82) is 0 Å². The molecule has 0 heterocycles. The van der Waals surface area contributed by atoms with E-state index >= 15 is 0 Å². The highest BCUT2D eigenvalue weighted by Crippen LogP contribution is 2.36. The van der Waals surface area contributed by atoms with Crippen molar-refractivity contribution in [3.8, 4) is 0 Å². The Morgan fingerprint density at radius 3 is 2.50 bits per heavy atom. The van der Waals surface area contributed by atoms with Gasteiger partial charge in [-0.05, 0) is 53.0 Å². The second kappa shape index (κ2) is 8.22. The zero-order valence-electron chi connectivity index (χ0n) is 16.3. The third-order valence-electron chi connectivity index (χ3n) is 5.75. The summed E-state index contributed by atoms with van der Waals surface area (Å²) in [5.74, 6) is 1.28. The van der Waals surface area contributed by atoms with Crippen LogP contribution in [0.1, 0.15) is 51.7 Å². The van der Waals surface area contributed by atoms with Gasteiger partial charge >= 0.3 is 5.97 Å². The lowest BCUT2D eigenvalue weighted by atomic mass is 9.75. The Morgan fingerprint density at radius 2 is 1.81 bits per heavy atom. The van der Waals surface area contributed by atoms with Crippen molar-refractivity contribution in [2.45, 2.75) is 52.2 Å². The molecule has 0 radical (unpaired) electrons. The fraction of sp³-hybridized carbons (Fsp3) is 0.522. The van der Waals surface area contributed by atoms with Crippen LogP contribution in [-0.4, -0.2) is 19.2 Å². The number of carbonyl (C=O) groups is 1. The fourth-order valence-electron chi connectivity index (χ4n) is 4.20. The number of fused-ring (bicyclic) bond motifs is 1. The summed E-state index contributed by atoms with van der Waals surface area (Å²) in [7, 11) is 1.57. The van der Waals surface area contributed by atoms with Crippen LogP contribution < -0.4 is 0 Å². The maximum Gasteiger partial charge on any atom is 0.340 e. The van der Waals surface area contributed by atoms with Gasteiger partial charge in [-0.25, -0.2) is 4.79 Å². The monoisotopic (exact) mass is 354 g/mol. The molecular weight excluding hydrogens is 324 g/mol. The standard InChI is InChI=1S/C23H30O3/c1-15(2)20-12-9-16(3)13-21(20)26-23(24)22(25-4)19-11-10-17-7-5-6-8-18(17)14-19/h5-8,10-11,14-16,20-22H,9,12-13H2,1-4H3/t16-,20+,21-,22+/m1/s1. The van der Waals surface area contributed by atoms with Gasteiger partial charge in [-0.1, -0.05) is 63.6 Å². The lowest BCUT2D eigenvalue weighted by molar-refractivity contribution is -0.168. The summed E-state index contributed by atoms with van der Waals surface area (Å²) >= 11 is 0. The number of ether oxygens (including phenoxy) is 2. The van der Waals surface area contributed by atoms with Crippen molar-refractivity contribution < 1.29 is 14.3 Å². The molecule has 1 fully saturated rings. The van der Waals surface area contributed by atoms with Crippen molar-refractivity contribution in [3.63, 3.8) is 0 Å². The van der Waals surface area contributed by atoms with Gasteiger partial charge < -0.3 is 9.47 Å². The number of esters is 1. The van der Waals surface area contributed by atoms with Gasteiger partial charge in [0.25, 0.3) is 0 Å². The Balaban J connectivity index is 1.78. The third kappa shape index (κ3) is 4.09. The average molecular weight is 354 g/mol. The molecule has 140 valence electrons.